The third-order valence-electron chi connectivity index (χ3n) is 1.04. The largest absolute Gasteiger partial charge is 0.333 e. The molecule has 0 aromatic heterocycles. The molecule has 0 fully saturated rings. The van der Waals surface area contributed by atoms with Crippen molar-refractivity contribution in [2.24, 2.45) is 5.73 Å². The van der Waals surface area contributed by atoms with E-state index in [1.807, 2.05) is 0 Å². The number of benzene rings is 1. The predicted molar refractivity (Wildman–Crippen MR) is 46.4 cm³/mol. The van der Waals surface area contributed by atoms with Crippen LogP contribution in [0.3, 0.4) is 0 Å². The molecule has 0 aliphatic rings. The van der Waals surface area contributed by atoms with Crippen molar-refractivity contribution in [2.45, 2.75) is 4.90 Å². The van der Waals surface area contributed by atoms with Crippen LogP contribution in [0.15, 0.2) is 35.2 Å². The summed E-state index contributed by atoms with van der Waals surface area (Å²) in [5, 5.41) is 0. The summed E-state index contributed by atoms with van der Waals surface area (Å²) in [4.78, 5) is -0.0741. The van der Waals surface area contributed by atoms with E-state index in [1.165, 1.54) is 19.2 Å². The minimum atomic E-state index is -4.00. The fourth-order valence-corrected chi connectivity index (χ4v) is 1.09. The highest BCUT2D eigenvalue weighted by atomic mass is 32.2. The summed E-state index contributed by atoms with van der Waals surface area (Å²) < 4.78 is 29.2. The second kappa shape index (κ2) is 4.87. The van der Waals surface area contributed by atoms with Crippen molar-refractivity contribution in [3.63, 3.8) is 0 Å². The normalized spacial score (nSPS) is 9.92. The molecule has 0 saturated carbocycles. The van der Waals surface area contributed by atoms with E-state index in [-0.39, 0.29) is 4.90 Å². The van der Waals surface area contributed by atoms with Crippen molar-refractivity contribution in [3.8, 4) is 0 Å². The molecule has 0 spiro atoms. The molecule has 0 atom stereocenters. The smallest absolute Gasteiger partial charge is 0.294 e. The minimum Gasteiger partial charge on any atom is -0.333 e. The summed E-state index contributed by atoms with van der Waals surface area (Å²) in [7, 11) is -2.50. The summed E-state index contributed by atoms with van der Waals surface area (Å²) >= 11 is 0. The predicted octanol–water partition coefficient (Wildman–Crippen LogP) is 0.508. The monoisotopic (exact) mass is 189 g/mol. The second-order valence-corrected chi connectivity index (χ2v) is 3.21. The maximum absolute atomic E-state index is 10.4. The zero-order valence-electron chi connectivity index (χ0n) is 6.64. The van der Waals surface area contributed by atoms with E-state index >= 15 is 0 Å². The summed E-state index contributed by atoms with van der Waals surface area (Å²) in [6.07, 6.45) is 0. The summed E-state index contributed by atoms with van der Waals surface area (Å²) in [5.41, 5.74) is 4.50. The molecule has 5 heteroatoms. The molecule has 12 heavy (non-hydrogen) atoms. The van der Waals surface area contributed by atoms with Gasteiger partial charge in [0.2, 0.25) is 0 Å². The maximum atomic E-state index is 10.4. The molecule has 0 heterocycles. The highest BCUT2D eigenvalue weighted by Crippen LogP contribution is 2.05. The van der Waals surface area contributed by atoms with E-state index in [0.29, 0.717) is 0 Å². The van der Waals surface area contributed by atoms with Gasteiger partial charge in [-0.15, -0.1) is 0 Å². The Labute approximate surface area is 71.8 Å². The van der Waals surface area contributed by atoms with E-state index in [4.69, 9.17) is 4.55 Å². The molecule has 3 N–H and O–H groups in total. The first-order valence-electron chi connectivity index (χ1n) is 3.21. The first-order chi connectivity index (χ1) is 5.61. The Morgan fingerprint density at radius 3 is 1.83 bits per heavy atom. The molecule has 68 valence electrons. The first kappa shape index (κ1) is 11.1. The van der Waals surface area contributed by atoms with Crippen molar-refractivity contribution in [1.29, 1.82) is 0 Å². The molecule has 0 radical (unpaired) electrons. The Kier molecular flexibility index (Phi) is 4.50. The average molecular weight is 189 g/mol. The Morgan fingerprint density at radius 2 is 1.58 bits per heavy atom. The average Bonchev–Trinajstić information content (AvgIpc) is 2.08. The van der Waals surface area contributed by atoms with E-state index in [2.05, 4.69) is 5.73 Å². The van der Waals surface area contributed by atoms with Crippen molar-refractivity contribution in [2.75, 3.05) is 7.05 Å². The molecule has 0 aliphatic heterocycles. The molecule has 0 aliphatic carbocycles. The number of rotatable bonds is 1. The van der Waals surface area contributed by atoms with E-state index < -0.39 is 10.1 Å². The van der Waals surface area contributed by atoms with Crippen LogP contribution in [0.4, 0.5) is 0 Å². The Balaban J connectivity index is 0.000000561. The Bertz CT molecular complexity index is 307. The summed E-state index contributed by atoms with van der Waals surface area (Å²) in [6.45, 7) is 0. The molecular weight excluding hydrogens is 178 g/mol. The van der Waals surface area contributed by atoms with Gasteiger partial charge in [0, 0.05) is 0 Å². The van der Waals surface area contributed by atoms with Gasteiger partial charge in [-0.3, -0.25) is 4.55 Å². The van der Waals surface area contributed by atoms with Gasteiger partial charge in [0.1, 0.15) is 0 Å². The molecular formula is C7H11NO3S. The SMILES string of the molecule is CN.O=S(=O)(O)c1ccccc1. The number of hydrogen-bond acceptors (Lipinski definition) is 3. The van der Waals surface area contributed by atoms with Gasteiger partial charge in [0.15, 0.2) is 0 Å². The molecule has 0 unspecified atom stereocenters. The van der Waals surface area contributed by atoms with Gasteiger partial charge in [-0.25, -0.2) is 0 Å². The van der Waals surface area contributed by atoms with Gasteiger partial charge >= 0.3 is 0 Å². The lowest BCUT2D eigenvalue weighted by Gasteiger charge is -1.92. The van der Waals surface area contributed by atoms with Gasteiger partial charge in [-0.2, -0.15) is 8.42 Å². The van der Waals surface area contributed by atoms with Crippen LogP contribution in [-0.2, 0) is 10.1 Å². The van der Waals surface area contributed by atoms with Crippen LogP contribution in [0.5, 0.6) is 0 Å². The number of nitrogens with two attached hydrogens (primary N) is 1. The first-order valence-corrected chi connectivity index (χ1v) is 4.65. The van der Waals surface area contributed by atoms with Crippen molar-refractivity contribution in [3.05, 3.63) is 30.3 Å². The van der Waals surface area contributed by atoms with Crippen LogP contribution in [-0.4, -0.2) is 20.0 Å². The Hall–Kier alpha value is -0.910. The van der Waals surface area contributed by atoms with Crippen LogP contribution >= 0.6 is 0 Å². The third kappa shape index (κ3) is 3.47. The lowest BCUT2D eigenvalue weighted by atomic mass is 10.4. The topological polar surface area (TPSA) is 80.4 Å². The third-order valence-corrected chi connectivity index (χ3v) is 1.91. The van der Waals surface area contributed by atoms with Crippen LogP contribution in [0.2, 0.25) is 0 Å². The highest BCUT2D eigenvalue weighted by molar-refractivity contribution is 7.85. The Morgan fingerprint density at radius 1 is 1.17 bits per heavy atom. The van der Waals surface area contributed by atoms with E-state index in [9.17, 15) is 8.42 Å². The second-order valence-electron chi connectivity index (χ2n) is 1.79. The minimum absolute atomic E-state index is 0.0741. The lowest BCUT2D eigenvalue weighted by Crippen LogP contribution is -1.96. The van der Waals surface area contributed by atoms with Crippen LogP contribution in [0.25, 0.3) is 0 Å². The van der Waals surface area contributed by atoms with Crippen LogP contribution < -0.4 is 5.73 Å². The molecule has 0 bridgehead atoms. The highest BCUT2D eigenvalue weighted by Gasteiger charge is 2.05. The zero-order chi connectivity index (χ0) is 9.61. The van der Waals surface area contributed by atoms with Gasteiger partial charge in [-0.1, -0.05) is 18.2 Å². The van der Waals surface area contributed by atoms with Crippen molar-refractivity contribution < 1.29 is 13.0 Å². The molecule has 1 aromatic carbocycles. The zero-order valence-corrected chi connectivity index (χ0v) is 7.45. The van der Waals surface area contributed by atoms with Crippen LogP contribution in [0, 0.1) is 0 Å². The standard InChI is InChI=1S/C6H6O3S.CH5N/c7-10(8,9)6-4-2-1-3-5-6;1-2/h1-5H,(H,7,8,9);2H2,1H3. The molecule has 0 saturated heterocycles. The number of hydrogen-bond donors (Lipinski definition) is 2. The van der Waals surface area contributed by atoms with Gasteiger partial charge < -0.3 is 5.73 Å². The fourth-order valence-electron chi connectivity index (χ4n) is 0.592. The van der Waals surface area contributed by atoms with Crippen molar-refractivity contribution in [1.82, 2.24) is 0 Å². The summed E-state index contributed by atoms with van der Waals surface area (Å²) in [5.74, 6) is 0. The molecule has 1 aromatic rings. The lowest BCUT2D eigenvalue weighted by molar-refractivity contribution is 0.483. The molecule has 0 amide bonds. The van der Waals surface area contributed by atoms with Crippen LogP contribution in [0.1, 0.15) is 0 Å². The maximum Gasteiger partial charge on any atom is 0.294 e. The van der Waals surface area contributed by atoms with Gasteiger partial charge in [-0.05, 0) is 19.2 Å². The van der Waals surface area contributed by atoms with E-state index in [0.717, 1.165) is 0 Å². The van der Waals surface area contributed by atoms with E-state index in [1.54, 1.807) is 18.2 Å². The quantitative estimate of drug-likeness (QED) is 0.631. The summed E-state index contributed by atoms with van der Waals surface area (Å²) in [6, 6.07) is 7.42. The fraction of sp³-hybridized carbons (Fsp3) is 0.143. The van der Waals surface area contributed by atoms with Gasteiger partial charge in [0.25, 0.3) is 10.1 Å². The molecule has 1 rings (SSSR count). The molecule has 4 nitrogen and oxygen atoms in total. The van der Waals surface area contributed by atoms with Gasteiger partial charge in [0.05, 0.1) is 4.90 Å². The van der Waals surface area contributed by atoms with Crippen molar-refractivity contribution >= 4 is 10.1 Å².